The van der Waals surface area contributed by atoms with E-state index in [4.69, 9.17) is 0 Å². The first-order valence-corrected chi connectivity index (χ1v) is 13.4. The molecule has 0 aromatic heterocycles. The smallest absolute Gasteiger partial charge is 0.309 e. The lowest BCUT2D eigenvalue weighted by molar-refractivity contribution is -0.436. The molecule has 0 radical (unpaired) electrons. The monoisotopic (exact) mass is 523 g/mol. The highest BCUT2D eigenvalue weighted by atomic mass is 16.4. The molecule has 1 unspecified atom stereocenters. The van der Waals surface area contributed by atoms with Crippen LogP contribution in [0.5, 0.6) is 0 Å². The summed E-state index contributed by atoms with van der Waals surface area (Å²) in [5.41, 5.74) is 6.81. The molecule has 0 saturated heterocycles. The maximum absolute atomic E-state index is 11.7. The molecular formula is C33H35N2O4+. The van der Waals surface area contributed by atoms with Crippen molar-refractivity contribution in [2.45, 2.75) is 50.9 Å². The van der Waals surface area contributed by atoms with Crippen molar-refractivity contribution in [2.75, 3.05) is 18.0 Å². The molecule has 39 heavy (non-hydrogen) atoms. The molecule has 2 aliphatic rings. The predicted octanol–water partition coefficient (Wildman–Crippen LogP) is 5.92. The van der Waals surface area contributed by atoms with E-state index in [1.165, 1.54) is 5.56 Å². The topological polar surface area (TPSA) is 80.9 Å². The number of hydrogen-bond acceptors (Lipinski definition) is 3. The van der Waals surface area contributed by atoms with Gasteiger partial charge in [-0.05, 0) is 44.4 Å². The Kier molecular flexibility index (Phi) is 6.89. The van der Waals surface area contributed by atoms with Crippen LogP contribution in [0.15, 0.2) is 90.6 Å². The number of para-hydroxylation sites is 2. The second-order valence-electron chi connectivity index (χ2n) is 11.2. The number of carboxylic acids is 2. The summed E-state index contributed by atoms with van der Waals surface area (Å²) in [6, 6.07) is 26.8. The first kappa shape index (κ1) is 26.4. The molecular weight excluding hydrogens is 488 g/mol. The minimum absolute atomic E-state index is 0.00870. The number of carboxylic acid groups (broad SMARTS) is 2. The summed E-state index contributed by atoms with van der Waals surface area (Å²) in [5, 5.41) is 19.1. The summed E-state index contributed by atoms with van der Waals surface area (Å²) in [7, 11) is 0. The van der Waals surface area contributed by atoms with E-state index in [9.17, 15) is 19.8 Å². The van der Waals surface area contributed by atoms with Crippen molar-refractivity contribution >= 4 is 29.0 Å². The van der Waals surface area contributed by atoms with Crippen molar-refractivity contribution < 1.29 is 24.4 Å². The molecule has 1 atom stereocenters. The largest absolute Gasteiger partial charge is 0.481 e. The van der Waals surface area contributed by atoms with Crippen molar-refractivity contribution in [3.05, 3.63) is 107 Å². The van der Waals surface area contributed by atoms with Gasteiger partial charge in [-0.2, -0.15) is 4.58 Å². The Labute approximate surface area is 229 Å². The van der Waals surface area contributed by atoms with Crippen molar-refractivity contribution in [3.63, 3.8) is 0 Å². The highest BCUT2D eigenvalue weighted by molar-refractivity contribution is 6.04. The van der Waals surface area contributed by atoms with Crippen molar-refractivity contribution in [1.29, 1.82) is 0 Å². The van der Waals surface area contributed by atoms with Crippen LogP contribution in [0.1, 0.15) is 50.3 Å². The van der Waals surface area contributed by atoms with Crippen LogP contribution in [0.2, 0.25) is 0 Å². The van der Waals surface area contributed by atoms with Gasteiger partial charge in [0.05, 0.1) is 11.8 Å². The van der Waals surface area contributed by atoms with Crippen molar-refractivity contribution in [2.24, 2.45) is 0 Å². The quantitative estimate of drug-likeness (QED) is 0.341. The summed E-state index contributed by atoms with van der Waals surface area (Å²) in [6.07, 6.45) is 2.98. The van der Waals surface area contributed by atoms with Crippen LogP contribution in [-0.2, 0) is 26.8 Å². The number of aliphatic carboxylic acids is 2. The van der Waals surface area contributed by atoms with Gasteiger partial charge in [0.15, 0.2) is 12.3 Å². The molecule has 6 nitrogen and oxygen atoms in total. The molecule has 0 amide bonds. The zero-order valence-electron chi connectivity index (χ0n) is 22.7. The number of benzene rings is 3. The number of carbonyl (C=O) groups is 2. The van der Waals surface area contributed by atoms with Crippen LogP contribution in [0.3, 0.4) is 0 Å². The predicted molar refractivity (Wildman–Crippen MR) is 153 cm³/mol. The first-order valence-electron chi connectivity index (χ1n) is 13.4. The van der Waals surface area contributed by atoms with Crippen molar-refractivity contribution in [1.82, 2.24) is 0 Å². The summed E-state index contributed by atoms with van der Waals surface area (Å²) in [5.74, 6) is -1.68. The zero-order chi connectivity index (χ0) is 27.8. The zero-order valence-corrected chi connectivity index (χ0v) is 22.7. The fourth-order valence-electron chi connectivity index (χ4n) is 6.30. The lowest BCUT2D eigenvalue weighted by Gasteiger charge is -2.31. The average molecular weight is 524 g/mol. The third-order valence-corrected chi connectivity index (χ3v) is 8.22. The van der Waals surface area contributed by atoms with Gasteiger partial charge < -0.3 is 15.1 Å². The van der Waals surface area contributed by atoms with Gasteiger partial charge in [0.1, 0.15) is 6.42 Å². The Hall–Kier alpha value is -4.19. The van der Waals surface area contributed by atoms with Crippen molar-refractivity contribution in [3.8, 4) is 0 Å². The number of nitrogens with zero attached hydrogens (tertiary/aromatic N) is 2. The molecule has 2 N–H and O–H groups in total. The molecule has 2 aliphatic heterocycles. The third kappa shape index (κ3) is 4.76. The number of anilines is 1. The Morgan fingerprint density at radius 3 is 2.13 bits per heavy atom. The Morgan fingerprint density at radius 2 is 1.44 bits per heavy atom. The highest BCUT2D eigenvalue weighted by Crippen LogP contribution is 2.51. The summed E-state index contributed by atoms with van der Waals surface area (Å²) < 4.78 is 2.14. The summed E-state index contributed by atoms with van der Waals surface area (Å²) >= 11 is 0. The van der Waals surface area contributed by atoms with E-state index in [1.54, 1.807) is 0 Å². The molecule has 6 heteroatoms. The number of hydrogen-bond donors (Lipinski definition) is 2. The maximum atomic E-state index is 11.7. The lowest BCUT2D eigenvalue weighted by Crippen LogP contribution is -2.36. The first-order chi connectivity index (χ1) is 18.6. The van der Waals surface area contributed by atoms with Crippen LogP contribution >= 0.6 is 0 Å². The van der Waals surface area contributed by atoms with Gasteiger partial charge in [-0.3, -0.25) is 9.59 Å². The molecule has 200 valence electrons. The average Bonchev–Trinajstić information content (AvgIpc) is 3.27. The van der Waals surface area contributed by atoms with E-state index in [-0.39, 0.29) is 18.3 Å². The van der Waals surface area contributed by atoms with Gasteiger partial charge >= 0.3 is 11.9 Å². The standard InChI is InChI=1S/C33H34N2O4/c1-32(2)24-13-7-9-15-26(24)34(19-17-30(36)37)28(32)21-29-33(3,22-23-11-5-4-6-12-23)25-14-8-10-16-27(25)35(29)20-18-31(38)39/h4-16,21H,17-20,22H2,1-3H3,(H-,36,37,38,39)/p+1. The number of allylic oxidation sites excluding steroid dienone is 2. The number of rotatable bonds is 9. The van der Waals surface area contributed by atoms with Gasteiger partial charge in [-0.25, -0.2) is 0 Å². The minimum Gasteiger partial charge on any atom is -0.481 e. The Balaban J connectivity index is 1.74. The van der Waals surface area contributed by atoms with E-state index >= 15 is 0 Å². The molecule has 3 aromatic rings. The van der Waals surface area contributed by atoms with Crippen LogP contribution < -0.4 is 4.90 Å². The van der Waals surface area contributed by atoms with Gasteiger partial charge in [-0.15, -0.1) is 0 Å². The van der Waals surface area contributed by atoms with E-state index < -0.39 is 17.4 Å². The van der Waals surface area contributed by atoms with Gasteiger partial charge in [0.2, 0.25) is 5.69 Å². The molecule has 0 aliphatic carbocycles. The van der Waals surface area contributed by atoms with E-state index in [0.29, 0.717) is 13.1 Å². The fraction of sp³-hybridized carbons (Fsp3) is 0.303. The van der Waals surface area contributed by atoms with Gasteiger partial charge in [0.25, 0.3) is 0 Å². The normalized spacial score (nSPS) is 20.3. The molecule has 0 spiro atoms. The molecule has 5 rings (SSSR count). The third-order valence-electron chi connectivity index (χ3n) is 8.22. The lowest BCUT2D eigenvalue weighted by atomic mass is 9.74. The molecule has 0 bridgehead atoms. The fourth-order valence-corrected chi connectivity index (χ4v) is 6.30. The van der Waals surface area contributed by atoms with E-state index in [0.717, 1.165) is 40.3 Å². The molecule has 3 aromatic carbocycles. The maximum Gasteiger partial charge on any atom is 0.309 e. The summed E-state index contributed by atoms with van der Waals surface area (Å²) in [6.45, 7) is 7.29. The molecule has 2 heterocycles. The van der Waals surface area contributed by atoms with Gasteiger partial charge in [0, 0.05) is 41.1 Å². The SMILES string of the molecule is CC1(C)C(/C=C2/N(CCC(=O)O)c3ccccc3C2(C)Cc2ccccc2)=[N+](CCC(=O)O)c2ccccc21. The van der Waals surface area contributed by atoms with Crippen LogP contribution in [0.25, 0.3) is 0 Å². The highest BCUT2D eigenvalue weighted by Gasteiger charge is 2.49. The van der Waals surface area contributed by atoms with Crippen LogP contribution in [0, 0.1) is 0 Å². The van der Waals surface area contributed by atoms with Crippen LogP contribution in [0.4, 0.5) is 11.4 Å². The minimum atomic E-state index is -0.840. The Morgan fingerprint density at radius 1 is 0.821 bits per heavy atom. The number of fused-ring (bicyclic) bond motifs is 2. The molecule has 0 fully saturated rings. The molecule has 0 saturated carbocycles. The van der Waals surface area contributed by atoms with Crippen LogP contribution in [-0.4, -0.2) is 45.5 Å². The summed E-state index contributed by atoms with van der Waals surface area (Å²) in [4.78, 5) is 25.5. The second kappa shape index (κ2) is 10.2. The second-order valence-corrected chi connectivity index (χ2v) is 11.2. The van der Waals surface area contributed by atoms with E-state index in [2.05, 4.69) is 72.7 Å². The van der Waals surface area contributed by atoms with Gasteiger partial charge in [-0.1, -0.05) is 66.7 Å². The Bertz CT molecular complexity index is 1490. The van der Waals surface area contributed by atoms with E-state index in [1.807, 2.05) is 42.5 Å².